The van der Waals surface area contributed by atoms with Crippen LogP contribution in [0.1, 0.15) is 17.0 Å². The van der Waals surface area contributed by atoms with E-state index in [9.17, 15) is 0 Å². The Labute approximate surface area is 94.9 Å². The van der Waals surface area contributed by atoms with E-state index in [1.54, 1.807) is 0 Å². The number of hydrogen-bond acceptors (Lipinski definition) is 3. The number of anilines is 3. The quantitative estimate of drug-likeness (QED) is 0.723. The fraction of sp³-hybridized carbons (Fsp3) is 0.250. The molecule has 0 radical (unpaired) electrons. The molecule has 16 heavy (non-hydrogen) atoms. The van der Waals surface area contributed by atoms with Gasteiger partial charge < -0.3 is 16.0 Å². The van der Waals surface area contributed by atoms with E-state index in [1.807, 2.05) is 13.0 Å². The first-order valence-corrected chi connectivity index (χ1v) is 5.22. The third-order valence-electron chi connectivity index (χ3n) is 2.62. The Morgan fingerprint density at radius 1 is 1.19 bits per heavy atom. The third-order valence-corrected chi connectivity index (χ3v) is 2.62. The highest BCUT2D eigenvalue weighted by Crippen LogP contribution is 2.22. The van der Waals surface area contributed by atoms with Crippen LogP contribution in [0.2, 0.25) is 0 Å². The molecule has 1 aromatic heterocycles. The van der Waals surface area contributed by atoms with Gasteiger partial charge in [-0.1, -0.05) is 6.07 Å². The number of aromatic nitrogens is 2. The van der Waals surface area contributed by atoms with E-state index >= 15 is 0 Å². The summed E-state index contributed by atoms with van der Waals surface area (Å²) in [4.78, 5) is 7.22. The first-order valence-electron chi connectivity index (χ1n) is 5.22. The number of nitrogens with zero attached hydrogens (tertiary/aromatic N) is 1. The number of imidazole rings is 1. The van der Waals surface area contributed by atoms with Crippen LogP contribution in [0.15, 0.2) is 18.2 Å². The smallest absolute Gasteiger partial charge is 0.173 e. The van der Waals surface area contributed by atoms with Gasteiger partial charge in [-0.15, -0.1) is 0 Å². The predicted molar refractivity (Wildman–Crippen MR) is 66.9 cm³/mol. The topological polar surface area (TPSA) is 66.7 Å². The van der Waals surface area contributed by atoms with Crippen molar-refractivity contribution >= 4 is 17.3 Å². The second-order valence-corrected chi connectivity index (χ2v) is 4.01. The first-order chi connectivity index (χ1) is 7.56. The first kappa shape index (κ1) is 10.5. The van der Waals surface area contributed by atoms with Crippen molar-refractivity contribution in [2.24, 2.45) is 0 Å². The van der Waals surface area contributed by atoms with E-state index in [1.165, 1.54) is 11.1 Å². The molecule has 0 saturated carbocycles. The molecule has 0 unspecified atom stereocenters. The molecule has 4 heteroatoms. The maximum absolute atomic E-state index is 5.78. The maximum Gasteiger partial charge on any atom is 0.173 e. The summed E-state index contributed by atoms with van der Waals surface area (Å²) in [6, 6.07) is 6.18. The van der Waals surface area contributed by atoms with Crippen molar-refractivity contribution in [2.45, 2.75) is 20.8 Å². The van der Waals surface area contributed by atoms with Crippen molar-refractivity contribution in [3.05, 3.63) is 35.2 Å². The van der Waals surface area contributed by atoms with Gasteiger partial charge in [0.15, 0.2) is 5.82 Å². The van der Waals surface area contributed by atoms with Crippen LogP contribution in [0.3, 0.4) is 0 Å². The molecular weight excluding hydrogens is 200 g/mol. The molecule has 0 aliphatic heterocycles. The van der Waals surface area contributed by atoms with Crippen LogP contribution >= 0.6 is 0 Å². The SMILES string of the molecule is Cc1nc(Nc2ccc(C)c(C)c2)c(N)[nH]1. The van der Waals surface area contributed by atoms with Crippen molar-refractivity contribution in [3.63, 3.8) is 0 Å². The van der Waals surface area contributed by atoms with Gasteiger partial charge in [0.1, 0.15) is 11.6 Å². The summed E-state index contributed by atoms with van der Waals surface area (Å²) >= 11 is 0. The Morgan fingerprint density at radius 3 is 2.50 bits per heavy atom. The van der Waals surface area contributed by atoms with Gasteiger partial charge in [0, 0.05) is 5.69 Å². The number of rotatable bonds is 2. The molecule has 0 amide bonds. The molecule has 0 fully saturated rings. The Kier molecular flexibility index (Phi) is 2.56. The van der Waals surface area contributed by atoms with Gasteiger partial charge in [-0.3, -0.25) is 0 Å². The fourth-order valence-electron chi connectivity index (χ4n) is 1.56. The molecular formula is C12H16N4. The van der Waals surface area contributed by atoms with Crippen LogP contribution in [0, 0.1) is 20.8 Å². The summed E-state index contributed by atoms with van der Waals surface area (Å²) in [6.45, 7) is 6.05. The number of benzene rings is 1. The molecule has 84 valence electrons. The lowest BCUT2D eigenvalue weighted by atomic mass is 10.1. The molecule has 0 aliphatic rings. The van der Waals surface area contributed by atoms with E-state index in [4.69, 9.17) is 5.73 Å². The standard InChI is InChI=1S/C12H16N4/c1-7-4-5-10(6-8(7)2)16-12-11(13)14-9(3)15-12/h4-6,16H,13H2,1-3H3,(H,14,15). The number of aromatic amines is 1. The van der Waals surface area contributed by atoms with Crippen molar-refractivity contribution in [3.8, 4) is 0 Å². The number of H-pyrrole nitrogens is 1. The Bertz CT molecular complexity index is 514. The molecule has 0 saturated heterocycles. The number of nitrogens with two attached hydrogens (primary N) is 1. The molecule has 1 heterocycles. The highest BCUT2D eigenvalue weighted by Gasteiger charge is 2.05. The molecule has 2 aromatic rings. The minimum atomic E-state index is 0.565. The van der Waals surface area contributed by atoms with Gasteiger partial charge in [0.25, 0.3) is 0 Å². The van der Waals surface area contributed by atoms with Crippen LogP contribution < -0.4 is 11.1 Å². The zero-order chi connectivity index (χ0) is 11.7. The van der Waals surface area contributed by atoms with Crippen molar-refractivity contribution in [1.82, 2.24) is 9.97 Å². The van der Waals surface area contributed by atoms with E-state index in [0.29, 0.717) is 11.6 Å². The number of nitrogen functional groups attached to an aromatic ring is 1. The van der Waals surface area contributed by atoms with Crippen molar-refractivity contribution in [2.75, 3.05) is 11.1 Å². The molecule has 0 bridgehead atoms. The largest absolute Gasteiger partial charge is 0.382 e. The zero-order valence-corrected chi connectivity index (χ0v) is 9.76. The summed E-state index contributed by atoms with van der Waals surface area (Å²) < 4.78 is 0. The number of nitrogens with one attached hydrogen (secondary N) is 2. The summed E-state index contributed by atoms with van der Waals surface area (Å²) in [7, 11) is 0. The lowest BCUT2D eigenvalue weighted by Gasteiger charge is -2.06. The minimum absolute atomic E-state index is 0.565. The second kappa shape index (κ2) is 3.89. The molecule has 0 aliphatic carbocycles. The average Bonchev–Trinajstić information content (AvgIpc) is 2.51. The van der Waals surface area contributed by atoms with Crippen molar-refractivity contribution in [1.29, 1.82) is 0 Å². The van der Waals surface area contributed by atoms with Crippen molar-refractivity contribution < 1.29 is 0 Å². The lowest BCUT2D eigenvalue weighted by Crippen LogP contribution is -1.96. The molecule has 4 N–H and O–H groups in total. The van der Waals surface area contributed by atoms with Gasteiger partial charge in [0.2, 0.25) is 0 Å². The molecule has 4 nitrogen and oxygen atoms in total. The van der Waals surface area contributed by atoms with Crippen LogP contribution in [-0.4, -0.2) is 9.97 Å². The Hall–Kier alpha value is -1.97. The summed E-state index contributed by atoms with van der Waals surface area (Å²) in [6.07, 6.45) is 0. The van der Waals surface area contributed by atoms with E-state index in [-0.39, 0.29) is 0 Å². The molecule has 0 spiro atoms. The number of hydrogen-bond donors (Lipinski definition) is 3. The zero-order valence-electron chi connectivity index (χ0n) is 9.76. The molecule has 1 aromatic carbocycles. The van der Waals surface area contributed by atoms with E-state index in [0.717, 1.165) is 11.5 Å². The molecule has 0 atom stereocenters. The van der Waals surface area contributed by atoms with Gasteiger partial charge in [-0.25, -0.2) is 4.98 Å². The van der Waals surface area contributed by atoms with Gasteiger partial charge in [-0.05, 0) is 44.0 Å². The van der Waals surface area contributed by atoms with Gasteiger partial charge >= 0.3 is 0 Å². The minimum Gasteiger partial charge on any atom is -0.382 e. The summed E-state index contributed by atoms with van der Waals surface area (Å²) in [5, 5.41) is 3.19. The monoisotopic (exact) mass is 216 g/mol. The maximum atomic E-state index is 5.78. The highest BCUT2D eigenvalue weighted by atomic mass is 15.1. The number of aryl methyl sites for hydroxylation is 3. The highest BCUT2D eigenvalue weighted by molar-refractivity contribution is 5.66. The lowest BCUT2D eigenvalue weighted by molar-refractivity contribution is 1.15. The van der Waals surface area contributed by atoms with Gasteiger partial charge in [-0.2, -0.15) is 0 Å². The second-order valence-electron chi connectivity index (χ2n) is 4.01. The van der Waals surface area contributed by atoms with Crippen LogP contribution in [0.4, 0.5) is 17.3 Å². The normalized spacial score (nSPS) is 10.4. The van der Waals surface area contributed by atoms with E-state index < -0.39 is 0 Å². The Balaban J connectivity index is 2.27. The fourth-order valence-corrected chi connectivity index (χ4v) is 1.56. The van der Waals surface area contributed by atoms with E-state index in [2.05, 4.69) is 41.3 Å². The van der Waals surface area contributed by atoms with Gasteiger partial charge in [0.05, 0.1) is 0 Å². The van der Waals surface area contributed by atoms with Crippen LogP contribution in [0.5, 0.6) is 0 Å². The molecule has 2 rings (SSSR count). The summed E-state index contributed by atoms with van der Waals surface area (Å²) in [5.41, 5.74) is 9.30. The van der Waals surface area contributed by atoms with Crippen LogP contribution in [0.25, 0.3) is 0 Å². The Morgan fingerprint density at radius 2 is 1.94 bits per heavy atom. The average molecular weight is 216 g/mol. The predicted octanol–water partition coefficient (Wildman–Crippen LogP) is 2.66. The summed E-state index contributed by atoms with van der Waals surface area (Å²) in [5.74, 6) is 2.06. The van der Waals surface area contributed by atoms with Crippen LogP contribution in [-0.2, 0) is 0 Å². The third kappa shape index (κ3) is 2.00.